The van der Waals surface area contributed by atoms with E-state index >= 15 is 0 Å². The Morgan fingerprint density at radius 2 is 1.26 bits per heavy atom. The van der Waals surface area contributed by atoms with E-state index in [1.807, 2.05) is 45.3 Å². The lowest BCUT2D eigenvalue weighted by Gasteiger charge is -1.96. The third-order valence-corrected chi connectivity index (χ3v) is 9.66. The summed E-state index contributed by atoms with van der Waals surface area (Å²) in [6.07, 6.45) is 0.817. The van der Waals surface area contributed by atoms with Gasteiger partial charge in [0.15, 0.2) is 6.29 Å². The van der Waals surface area contributed by atoms with E-state index in [1.54, 1.807) is 40.9 Å². The summed E-state index contributed by atoms with van der Waals surface area (Å²) >= 11 is 4.78. The molecule has 0 spiro atoms. The molecule has 0 aliphatic rings. The number of nitrogens with one attached hydrogen (secondary N) is 1. The Kier molecular flexibility index (Phi) is 8.99. The smallest absolute Gasteiger partial charge is 0.160 e. The van der Waals surface area contributed by atoms with Gasteiger partial charge in [-0.2, -0.15) is 0 Å². The van der Waals surface area contributed by atoms with Crippen LogP contribution in [0.5, 0.6) is 0 Å². The van der Waals surface area contributed by atoms with Gasteiger partial charge in [-0.3, -0.25) is 4.79 Å². The van der Waals surface area contributed by atoms with Crippen molar-refractivity contribution in [2.45, 2.75) is 27.3 Å². The lowest BCUT2D eigenvalue weighted by Crippen LogP contribution is -2.03. The average Bonchev–Trinajstić information content (AvgIpc) is 3.53. The van der Waals surface area contributed by atoms with Gasteiger partial charge in [-0.05, 0) is 121 Å². The van der Waals surface area contributed by atoms with Gasteiger partial charge < -0.3 is 5.32 Å². The number of hydrogen-bond acceptors (Lipinski definition) is 5. The first-order valence-electron chi connectivity index (χ1n) is 11.8. The highest BCUT2D eigenvalue weighted by Crippen LogP contribution is 2.31. The molecule has 6 aromatic rings. The molecule has 3 aromatic heterocycles. The average molecular weight is 570 g/mol. The van der Waals surface area contributed by atoms with Crippen molar-refractivity contribution in [2.75, 3.05) is 7.05 Å². The first-order valence-corrected chi connectivity index (χ1v) is 14.3. The van der Waals surface area contributed by atoms with Gasteiger partial charge in [-0.25, -0.2) is 13.2 Å². The van der Waals surface area contributed by atoms with Crippen LogP contribution in [0.4, 0.5) is 13.2 Å². The van der Waals surface area contributed by atoms with Crippen LogP contribution in [0.2, 0.25) is 0 Å². The predicted octanol–water partition coefficient (Wildman–Crippen LogP) is 9.58. The van der Waals surface area contributed by atoms with Gasteiger partial charge in [0.05, 0.1) is 4.88 Å². The molecule has 3 heterocycles. The molecule has 0 unspecified atom stereocenters. The zero-order valence-electron chi connectivity index (χ0n) is 21.3. The highest BCUT2D eigenvalue weighted by atomic mass is 32.1. The maximum atomic E-state index is 13.0. The van der Waals surface area contributed by atoms with Crippen molar-refractivity contribution in [3.05, 3.63) is 104 Å². The Morgan fingerprint density at radius 1 is 0.737 bits per heavy atom. The van der Waals surface area contributed by atoms with Crippen LogP contribution in [-0.2, 0) is 6.54 Å². The maximum absolute atomic E-state index is 13.0. The lowest BCUT2D eigenvalue weighted by atomic mass is 10.1. The van der Waals surface area contributed by atoms with Gasteiger partial charge >= 0.3 is 0 Å². The van der Waals surface area contributed by atoms with Crippen LogP contribution in [0.3, 0.4) is 0 Å². The number of carbonyl (C=O) groups is 1. The highest BCUT2D eigenvalue weighted by molar-refractivity contribution is 7.20. The third-order valence-electron chi connectivity index (χ3n) is 6.11. The number of benzene rings is 3. The summed E-state index contributed by atoms with van der Waals surface area (Å²) in [6, 6.07) is 14.5. The fourth-order valence-electron chi connectivity index (χ4n) is 4.03. The van der Waals surface area contributed by atoms with Crippen molar-refractivity contribution in [1.82, 2.24) is 5.32 Å². The zero-order valence-corrected chi connectivity index (χ0v) is 23.8. The van der Waals surface area contributed by atoms with E-state index in [2.05, 4.69) is 5.32 Å². The highest BCUT2D eigenvalue weighted by Gasteiger charge is 2.09. The van der Waals surface area contributed by atoms with Gasteiger partial charge in [-0.15, -0.1) is 34.0 Å². The molecule has 196 valence electrons. The number of carbonyl (C=O) groups excluding carboxylic acids is 1. The Balaban J connectivity index is 0.000000134. The summed E-state index contributed by atoms with van der Waals surface area (Å²) in [6.45, 7) is 6.73. The largest absolute Gasteiger partial charge is 0.315 e. The summed E-state index contributed by atoms with van der Waals surface area (Å²) in [5, 5.41) is 8.08. The van der Waals surface area contributed by atoms with Crippen molar-refractivity contribution in [2.24, 2.45) is 0 Å². The molecule has 1 N–H and O–H groups in total. The van der Waals surface area contributed by atoms with Crippen LogP contribution in [0, 0.1) is 38.2 Å². The minimum atomic E-state index is -0.258. The van der Waals surface area contributed by atoms with E-state index in [0.29, 0.717) is 4.88 Å². The molecule has 3 aromatic carbocycles. The number of aldehydes is 1. The Bertz CT molecular complexity index is 1730. The van der Waals surface area contributed by atoms with Crippen LogP contribution in [0.25, 0.3) is 30.3 Å². The van der Waals surface area contributed by atoms with Crippen LogP contribution in [0.15, 0.2) is 60.0 Å². The van der Waals surface area contributed by atoms with Gasteiger partial charge in [0, 0.05) is 25.5 Å². The second kappa shape index (κ2) is 12.2. The number of thiophene rings is 3. The summed E-state index contributed by atoms with van der Waals surface area (Å²) in [7, 11) is 1.92. The molecule has 0 bridgehead atoms. The standard InChI is InChI=1S/C11H12FNS.C10H7FOS.C9H7FS/c1-7-9-5-8(12)3-4-10(9)14-11(7)6-13-2;1-6-8-4-7(11)2-3-9(8)13-10(6)5-12;1-6-5-11-9-3-2-7(10)4-8(6)9/h3-5,13H,6H2,1-2H3;2-5H,1H3;2-5H,1H3. The van der Waals surface area contributed by atoms with Gasteiger partial charge in [-0.1, -0.05) is 0 Å². The second-order valence-corrected chi connectivity index (χ2v) is 11.9. The van der Waals surface area contributed by atoms with Crippen LogP contribution < -0.4 is 5.32 Å². The Hall–Kier alpha value is -3.04. The van der Waals surface area contributed by atoms with Crippen molar-refractivity contribution in [3.8, 4) is 0 Å². The van der Waals surface area contributed by atoms with Crippen molar-refractivity contribution in [1.29, 1.82) is 0 Å². The first-order chi connectivity index (χ1) is 18.2. The fraction of sp³-hybridized carbons (Fsp3) is 0.167. The molecule has 8 heteroatoms. The fourth-order valence-corrected chi connectivity index (χ4v) is 7.16. The summed E-state index contributed by atoms with van der Waals surface area (Å²) < 4.78 is 41.8. The third kappa shape index (κ3) is 6.15. The van der Waals surface area contributed by atoms with Gasteiger partial charge in [0.2, 0.25) is 0 Å². The first kappa shape index (κ1) is 28.0. The molecule has 0 saturated carbocycles. The normalized spacial score (nSPS) is 10.8. The topological polar surface area (TPSA) is 29.1 Å². The molecule has 0 saturated heterocycles. The van der Waals surface area contributed by atoms with Gasteiger partial charge in [0.25, 0.3) is 0 Å². The van der Waals surface area contributed by atoms with Crippen LogP contribution in [0.1, 0.15) is 31.2 Å². The second-order valence-electron chi connectivity index (χ2n) is 8.73. The zero-order chi connectivity index (χ0) is 27.4. The van der Waals surface area contributed by atoms with E-state index in [4.69, 9.17) is 0 Å². The molecule has 0 aliphatic carbocycles. The van der Waals surface area contributed by atoms with E-state index in [-0.39, 0.29) is 17.5 Å². The number of rotatable bonds is 3. The van der Waals surface area contributed by atoms with E-state index in [1.165, 1.54) is 46.0 Å². The maximum Gasteiger partial charge on any atom is 0.160 e. The minimum Gasteiger partial charge on any atom is -0.315 e. The van der Waals surface area contributed by atoms with Crippen molar-refractivity contribution < 1.29 is 18.0 Å². The Morgan fingerprint density at radius 3 is 1.84 bits per heavy atom. The SMILES string of the molecule is CNCc1sc2ccc(F)cc2c1C.Cc1c(C=O)sc2ccc(F)cc12.Cc1csc2ccc(F)cc12. The lowest BCUT2D eigenvalue weighted by molar-refractivity contribution is 0.112. The molecule has 2 nitrogen and oxygen atoms in total. The molecule has 0 amide bonds. The molecular formula is C30H26F3NOS3. The van der Waals surface area contributed by atoms with Crippen molar-refractivity contribution in [3.63, 3.8) is 0 Å². The van der Waals surface area contributed by atoms with E-state index in [0.717, 1.165) is 54.2 Å². The molecule has 6 rings (SSSR count). The Labute approximate surface area is 231 Å². The number of halogens is 3. The molecule has 0 atom stereocenters. The summed E-state index contributed by atoms with van der Waals surface area (Å²) in [5.41, 5.74) is 3.22. The summed E-state index contributed by atoms with van der Waals surface area (Å²) in [4.78, 5) is 12.6. The van der Waals surface area contributed by atoms with E-state index < -0.39 is 0 Å². The van der Waals surface area contributed by atoms with Crippen molar-refractivity contribution >= 4 is 70.6 Å². The quantitative estimate of drug-likeness (QED) is 0.215. The number of fused-ring (bicyclic) bond motifs is 3. The molecule has 38 heavy (non-hydrogen) atoms. The van der Waals surface area contributed by atoms with E-state index in [9.17, 15) is 18.0 Å². The number of hydrogen-bond donors (Lipinski definition) is 1. The molecule has 0 aliphatic heterocycles. The minimum absolute atomic E-state index is 0.154. The van der Waals surface area contributed by atoms with Gasteiger partial charge in [0.1, 0.15) is 17.5 Å². The monoisotopic (exact) mass is 569 g/mol. The predicted molar refractivity (Wildman–Crippen MR) is 158 cm³/mol. The van der Waals surface area contributed by atoms with Crippen LogP contribution in [-0.4, -0.2) is 13.3 Å². The molecule has 0 fully saturated rings. The number of aryl methyl sites for hydroxylation is 3. The molecular weight excluding hydrogens is 544 g/mol. The van der Waals surface area contributed by atoms with Crippen LogP contribution >= 0.6 is 34.0 Å². The molecule has 0 radical (unpaired) electrons. The summed E-state index contributed by atoms with van der Waals surface area (Å²) in [5.74, 6) is -0.570.